The first-order chi connectivity index (χ1) is 15.5. The number of methoxy groups -OCH3 is 1. The molecule has 0 radical (unpaired) electrons. The highest BCUT2D eigenvalue weighted by atomic mass is 35.5. The first-order valence-electron chi connectivity index (χ1n) is 9.41. The molecule has 0 aliphatic carbocycles. The van der Waals surface area contributed by atoms with Gasteiger partial charge >= 0.3 is 6.18 Å². The zero-order chi connectivity index (χ0) is 24.2. The number of nitrogens with one attached hydrogen (secondary N) is 1. The largest absolute Gasteiger partial charge is 0.497 e. The van der Waals surface area contributed by atoms with Gasteiger partial charge in [-0.2, -0.15) is 13.2 Å². The van der Waals surface area contributed by atoms with Gasteiger partial charge in [-0.15, -0.1) is 0 Å². The molecule has 6 nitrogen and oxygen atoms in total. The van der Waals surface area contributed by atoms with Crippen molar-refractivity contribution in [2.45, 2.75) is 11.1 Å². The minimum atomic E-state index is -4.64. The zero-order valence-corrected chi connectivity index (χ0v) is 18.7. The van der Waals surface area contributed by atoms with E-state index in [1.807, 2.05) is 0 Å². The monoisotopic (exact) mass is 498 g/mol. The molecule has 1 amide bonds. The topological polar surface area (TPSA) is 75.7 Å². The van der Waals surface area contributed by atoms with E-state index in [2.05, 4.69) is 5.32 Å². The van der Waals surface area contributed by atoms with Crippen LogP contribution in [0.2, 0.25) is 5.02 Å². The number of alkyl halides is 3. The van der Waals surface area contributed by atoms with Crippen LogP contribution in [0.4, 0.5) is 24.5 Å². The maximum Gasteiger partial charge on any atom is 0.416 e. The third-order valence-corrected chi connectivity index (χ3v) is 6.66. The Morgan fingerprint density at radius 1 is 1.03 bits per heavy atom. The van der Waals surface area contributed by atoms with Crippen LogP contribution < -0.4 is 14.4 Å². The smallest absolute Gasteiger partial charge is 0.416 e. The van der Waals surface area contributed by atoms with Gasteiger partial charge in [0, 0.05) is 0 Å². The summed E-state index contributed by atoms with van der Waals surface area (Å²) in [4.78, 5) is 12.6. The van der Waals surface area contributed by atoms with Gasteiger partial charge in [-0.05, 0) is 54.6 Å². The first-order valence-corrected chi connectivity index (χ1v) is 11.2. The summed E-state index contributed by atoms with van der Waals surface area (Å²) in [5.74, 6) is -0.436. The molecule has 0 aromatic heterocycles. The summed E-state index contributed by atoms with van der Waals surface area (Å²) >= 11 is 5.93. The molecule has 0 spiro atoms. The fourth-order valence-corrected chi connectivity index (χ4v) is 4.49. The fourth-order valence-electron chi connectivity index (χ4n) is 2.90. The molecule has 0 saturated carbocycles. The van der Waals surface area contributed by atoms with Gasteiger partial charge in [-0.1, -0.05) is 29.8 Å². The Balaban J connectivity index is 1.93. The lowest BCUT2D eigenvalue weighted by Gasteiger charge is -2.24. The molecule has 0 aliphatic heterocycles. The van der Waals surface area contributed by atoms with E-state index in [4.69, 9.17) is 16.3 Å². The Hall–Kier alpha value is -3.24. The Labute approximate surface area is 193 Å². The molecule has 0 heterocycles. The van der Waals surface area contributed by atoms with Crippen LogP contribution in [0, 0.1) is 0 Å². The molecule has 3 aromatic rings. The summed E-state index contributed by atoms with van der Waals surface area (Å²) in [6, 6.07) is 15.9. The van der Waals surface area contributed by atoms with Crippen molar-refractivity contribution in [3.05, 3.63) is 83.4 Å². The Morgan fingerprint density at radius 2 is 1.67 bits per heavy atom. The van der Waals surface area contributed by atoms with Gasteiger partial charge in [-0.25, -0.2) is 8.42 Å². The molecule has 0 aliphatic rings. The molecule has 0 bridgehead atoms. The standard InChI is InChI=1S/C22H18ClF3N2O4S/c1-32-17-8-10-18(11-9-17)33(30,31)28(16-5-3-2-4-6-16)14-21(29)27-20-13-15(22(24,25)26)7-12-19(20)23/h2-13H,14H2,1H3,(H,27,29). The summed E-state index contributed by atoms with van der Waals surface area (Å²) in [6.07, 6.45) is -4.64. The maximum atomic E-state index is 13.3. The molecule has 1 N–H and O–H groups in total. The van der Waals surface area contributed by atoms with E-state index in [-0.39, 0.29) is 21.3 Å². The van der Waals surface area contributed by atoms with E-state index < -0.39 is 34.2 Å². The number of sulfonamides is 1. The number of hydrogen-bond donors (Lipinski definition) is 1. The lowest BCUT2D eigenvalue weighted by atomic mass is 10.2. The zero-order valence-electron chi connectivity index (χ0n) is 17.1. The lowest BCUT2D eigenvalue weighted by Crippen LogP contribution is -2.38. The second-order valence-corrected chi connectivity index (χ2v) is 9.03. The molecule has 11 heteroatoms. The van der Waals surface area contributed by atoms with E-state index in [1.54, 1.807) is 18.2 Å². The molecular weight excluding hydrogens is 481 g/mol. The number of ether oxygens (including phenoxy) is 1. The van der Waals surface area contributed by atoms with Crippen LogP contribution in [-0.4, -0.2) is 28.0 Å². The molecular formula is C22H18ClF3N2O4S. The lowest BCUT2D eigenvalue weighted by molar-refractivity contribution is -0.137. The van der Waals surface area contributed by atoms with E-state index in [1.165, 1.54) is 43.5 Å². The second kappa shape index (κ2) is 9.72. The predicted octanol–water partition coefficient (Wildman–Crippen LogP) is 5.20. The molecule has 0 unspecified atom stereocenters. The van der Waals surface area contributed by atoms with Gasteiger partial charge in [0.1, 0.15) is 12.3 Å². The van der Waals surface area contributed by atoms with Gasteiger partial charge < -0.3 is 10.1 Å². The van der Waals surface area contributed by atoms with E-state index in [9.17, 15) is 26.4 Å². The van der Waals surface area contributed by atoms with Crippen LogP contribution in [0.5, 0.6) is 5.75 Å². The van der Waals surface area contributed by atoms with Crippen molar-refractivity contribution in [1.29, 1.82) is 0 Å². The van der Waals surface area contributed by atoms with Gasteiger partial charge in [0.05, 0.1) is 34.0 Å². The van der Waals surface area contributed by atoms with E-state index >= 15 is 0 Å². The van der Waals surface area contributed by atoms with Crippen LogP contribution in [0.3, 0.4) is 0 Å². The van der Waals surface area contributed by atoms with Gasteiger partial charge in [0.15, 0.2) is 0 Å². The van der Waals surface area contributed by atoms with Crippen molar-refractivity contribution in [3.63, 3.8) is 0 Å². The minimum Gasteiger partial charge on any atom is -0.497 e. The average Bonchev–Trinajstić information content (AvgIpc) is 2.78. The van der Waals surface area contributed by atoms with Gasteiger partial charge in [-0.3, -0.25) is 9.10 Å². The van der Waals surface area contributed by atoms with Crippen LogP contribution in [0.1, 0.15) is 5.56 Å². The van der Waals surface area contributed by atoms with Crippen LogP contribution in [-0.2, 0) is 21.0 Å². The van der Waals surface area contributed by atoms with Crippen molar-refractivity contribution in [2.24, 2.45) is 0 Å². The quantitative estimate of drug-likeness (QED) is 0.486. The number of nitrogens with zero attached hydrogens (tertiary/aromatic N) is 1. The molecule has 0 fully saturated rings. The van der Waals surface area contributed by atoms with Crippen LogP contribution in [0.15, 0.2) is 77.7 Å². The normalized spacial score (nSPS) is 11.7. The number of rotatable bonds is 7. The number of carbonyl (C=O) groups excluding carboxylic acids is 1. The van der Waals surface area contributed by atoms with Crippen molar-refractivity contribution in [3.8, 4) is 5.75 Å². The predicted molar refractivity (Wildman–Crippen MR) is 119 cm³/mol. The van der Waals surface area contributed by atoms with Gasteiger partial charge in [0.25, 0.3) is 10.0 Å². The molecule has 0 saturated heterocycles. The van der Waals surface area contributed by atoms with Crippen LogP contribution >= 0.6 is 11.6 Å². The van der Waals surface area contributed by atoms with Crippen molar-refractivity contribution < 1.29 is 31.1 Å². The Bertz CT molecular complexity index is 1230. The maximum absolute atomic E-state index is 13.3. The SMILES string of the molecule is COc1ccc(S(=O)(=O)N(CC(=O)Nc2cc(C(F)(F)F)ccc2Cl)c2ccccc2)cc1. The summed E-state index contributed by atoms with van der Waals surface area (Å²) in [5.41, 5.74) is -1.10. The molecule has 33 heavy (non-hydrogen) atoms. The van der Waals surface area contributed by atoms with E-state index in [0.717, 1.165) is 16.4 Å². The highest BCUT2D eigenvalue weighted by molar-refractivity contribution is 7.92. The molecule has 3 aromatic carbocycles. The highest BCUT2D eigenvalue weighted by Gasteiger charge is 2.32. The number of anilines is 2. The first kappa shape index (κ1) is 24.4. The Kier molecular flexibility index (Phi) is 7.19. The number of benzene rings is 3. The van der Waals surface area contributed by atoms with Gasteiger partial charge in [0.2, 0.25) is 5.91 Å². The second-order valence-electron chi connectivity index (χ2n) is 6.76. The molecule has 174 valence electrons. The van der Waals surface area contributed by atoms with Crippen molar-refractivity contribution in [1.82, 2.24) is 0 Å². The Morgan fingerprint density at radius 3 is 2.24 bits per heavy atom. The number of halogens is 4. The third-order valence-electron chi connectivity index (χ3n) is 4.55. The summed E-state index contributed by atoms with van der Waals surface area (Å²) in [5, 5.41) is 2.14. The fraction of sp³-hybridized carbons (Fsp3) is 0.136. The summed E-state index contributed by atoms with van der Waals surface area (Å²) in [6.45, 7) is -0.703. The molecule has 0 atom stereocenters. The van der Waals surface area contributed by atoms with E-state index in [0.29, 0.717) is 11.8 Å². The summed E-state index contributed by atoms with van der Waals surface area (Å²) < 4.78 is 71.5. The average molecular weight is 499 g/mol. The third kappa shape index (κ3) is 5.77. The van der Waals surface area contributed by atoms with Crippen molar-refractivity contribution >= 4 is 38.9 Å². The number of hydrogen-bond acceptors (Lipinski definition) is 4. The summed E-state index contributed by atoms with van der Waals surface area (Å²) in [7, 11) is -2.77. The number of para-hydroxylation sites is 1. The minimum absolute atomic E-state index is 0.0999. The molecule has 3 rings (SSSR count). The number of carbonyl (C=O) groups is 1. The van der Waals surface area contributed by atoms with Crippen molar-refractivity contribution in [2.75, 3.05) is 23.3 Å². The number of amides is 1. The van der Waals surface area contributed by atoms with Crippen LogP contribution in [0.25, 0.3) is 0 Å². The highest BCUT2D eigenvalue weighted by Crippen LogP contribution is 2.34.